The smallest absolute Gasteiger partial charge is 0.389 e. The number of aliphatic hydroxyl groups is 1. The lowest BCUT2D eigenvalue weighted by atomic mass is 10.00. The second-order valence-electron chi connectivity index (χ2n) is 4.43. The molecule has 0 amide bonds. The lowest BCUT2D eigenvalue weighted by Gasteiger charge is -2.13. The van der Waals surface area contributed by atoms with E-state index >= 15 is 0 Å². The molecule has 0 aliphatic carbocycles. The lowest BCUT2D eigenvalue weighted by molar-refractivity contribution is -0.139. The Morgan fingerprint density at radius 2 is 1.82 bits per heavy atom. The molecule has 0 fully saturated rings. The van der Waals surface area contributed by atoms with Crippen molar-refractivity contribution < 1.29 is 18.3 Å². The third-order valence-electron chi connectivity index (χ3n) is 2.80. The Bertz CT molecular complexity index is 371. The molecule has 17 heavy (non-hydrogen) atoms. The van der Waals surface area contributed by atoms with Crippen LogP contribution in [-0.2, 0) is 6.42 Å². The van der Waals surface area contributed by atoms with Crippen molar-refractivity contribution in [2.45, 2.75) is 45.4 Å². The number of alkyl halides is 3. The molecule has 1 nitrogen and oxygen atoms in total. The molecule has 0 heterocycles. The second-order valence-corrected chi connectivity index (χ2v) is 4.43. The maximum Gasteiger partial charge on any atom is 0.389 e. The zero-order valence-electron chi connectivity index (χ0n) is 10.0. The number of hydrogen-bond donors (Lipinski definition) is 1. The van der Waals surface area contributed by atoms with Gasteiger partial charge in [0.15, 0.2) is 0 Å². The van der Waals surface area contributed by atoms with E-state index in [4.69, 9.17) is 0 Å². The summed E-state index contributed by atoms with van der Waals surface area (Å²) in [4.78, 5) is 0. The van der Waals surface area contributed by atoms with Crippen LogP contribution < -0.4 is 0 Å². The van der Waals surface area contributed by atoms with Crippen molar-refractivity contribution in [2.75, 3.05) is 0 Å². The van der Waals surface area contributed by atoms with Crippen LogP contribution in [0.4, 0.5) is 13.2 Å². The second kappa shape index (κ2) is 5.54. The predicted molar refractivity (Wildman–Crippen MR) is 60.9 cm³/mol. The molecule has 1 aromatic rings. The Balaban J connectivity index is 2.50. The van der Waals surface area contributed by atoms with Crippen molar-refractivity contribution in [1.82, 2.24) is 0 Å². The molecule has 0 aliphatic rings. The lowest BCUT2D eigenvalue weighted by Crippen LogP contribution is -2.16. The largest absolute Gasteiger partial charge is 0.393 e. The number of hydrogen-bond acceptors (Lipinski definition) is 1. The number of halogens is 3. The van der Waals surface area contributed by atoms with Crippen molar-refractivity contribution in [3.63, 3.8) is 0 Å². The van der Waals surface area contributed by atoms with E-state index in [0.29, 0.717) is 0 Å². The SMILES string of the molecule is Cc1ccc(CC(O)CCC(F)(F)F)cc1C. The fraction of sp³-hybridized carbons (Fsp3) is 0.538. The van der Waals surface area contributed by atoms with Crippen LogP contribution in [0.25, 0.3) is 0 Å². The molecule has 0 radical (unpaired) electrons. The molecule has 1 rings (SSSR count). The third kappa shape index (κ3) is 5.22. The molecule has 1 atom stereocenters. The van der Waals surface area contributed by atoms with E-state index < -0.39 is 18.7 Å². The van der Waals surface area contributed by atoms with Crippen molar-refractivity contribution >= 4 is 0 Å². The van der Waals surface area contributed by atoms with Gasteiger partial charge in [0.1, 0.15) is 0 Å². The summed E-state index contributed by atoms with van der Waals surface area (Å²) < 4.78 is 35.9. The first-order chi connectivity index (χ1) is 7.78. The highest BCUT2D eigenvalue weighted by molar-refractivity contribution is 5.30. The summed E-state index contributed by atoms with van der Waals surface area (Å²) >= 11 is 0. The number of aryl methyl sites for hydroxylation is 2. The summed E-state index contributed by atoms with van der Waals surface area (Å²) in [5, 5.41) is 9.53. The molecule has 0 aliphatic heterocycles. The minimum atomic E-state index is -4.19. The van der Waals surface area contributed by atoms with E-state index in [1.54, 1.807) is 0 Å². The van der Waals surface area contributed by atoms with E-state index in [1.165, 1.54) is 0 Å². The van der Waals surface area contributed by atoms with Gasteiger partial charge in [0.25, 0.3) is 0 Å². The average Bonchev–Trinajstić information content (AvgIpc) is 2.20. The quantitative estimate of drug-likeness (QED) is 0.861. The molecule has 0 spiro atoms. The van der Waals surface area contributed by atoms with Crippen LogP contribution >= 0.6 is 0 Å². The Labute approximate surface area is 99.3 Å². The summed E-state index contributed by atoms with van der Waals surface area (Å²) in [6.45, 7) is 3.92. The van der Waals surface area contributed by atoms with Crippen LogP contribution in [0.3, 0.4) is 0 Å². The van der Waals surface area contributed by atoms with Gasteiger partial charge in [-0.2, -0.15) is 13.2 Å². The van der Waals surface area contributed by atoms with E-state index in [9.17, 15) is 18.3 Å². The highest BCUT2D eigenvalue weighted by atomic mass is 19.4. The van der Waals surface area contributed by atoms with Crippen LogP contribution in [0, 0.1) is 13.8 Å². The fourth-order valence-electron chi connectivity index (χ4n) is 1.63. The van der Waals surface area contributed by atoms with Crippen molar-refractivity contribution in [3.8, 4) is 0 Å². The van der Waals surface area contributed by atoms with Crippen LogP contribution in [0.15, 0.2) is 18.2 Å². The Morgan fingerprint density at radius 3 is 2.35 bits per heavy atom. The van der Waals surface area contributed by atoms with Gasteiger partial charge in [0.05, 0.1) is 6.10 Å². The Hall–Kier alpha value is -1.03. The van der Waals surface area contributed by atoms with Gasteiger partial charge in [-0.3, -0.25) is 0 Å². The summed E-state index contributed by atoms with van der Waals surface area (Å²) in [5.41, 5.74) is 3.10. The minimum Gasteiger partial charge on any atom is -0.393 e. The summed E-state index contributed by atoms with van der Waals surface area (Å²) in [6, 6.07) is 5.67. The van der Waals surface area contributed by atoms with Crippen molar-refractivity contribution in [1.29, 1.82) is 0 Å². The maximum atomic E-state index is 12.0. The number of aliphatic hydroxyl groups excluding tert-OH is 1. The van der Waals surface area contributed by atoms with E-state index in [-0.39, 0.29) is 12.8 Å². The molecule has 1 unspecified atom stereocenters. The van der Waals surface area contributed by atoms with E-state index in [0.717, 1.165) is 16.7 Å². The van der Waals surface area contributed by atoms with Crippen LogP contribution in [0.2, 0.25) is 0 Å². The first kappa shape index (κ1) is 14.0. The molecular formula is C13H17F3O. The van der Waals surface area contributed by atoms with Gasteiger partial charge in [-0.05, 0) is 43.4 Å². The van der Waals surface area contributed by atoms with Gasteiger partial charge in [0, 0.05) is 6.42 Å². The summed E-state index contributed by atoms with van der Waals surface area (Å²) in [6.07, 6.45) is -6.02. The number of rotatable bonds is 4. The molecule has 0 aromatic heterocycles. The van der Waals surface area contributed by atoms with Crippen molar-refractivity contribution in [3.05, 3.63) is 34.9 Å². The summed E-state index contributed by atoms with van der Waals surface area (Å²) in [5.74, 6) is 0. The molecule has 0 saturated carbocycles. The molecule has 1 N–H and O–H groups in total. The highest BCUT2D eigenvalue weighted by Gasteiger charge is 2.27. The predicted octanol–water partition coefficient (Wildman–Crippen LogP) is 3.55. The van der Waals surface area contributed by atoms with Crippen LogP contribution in [0.5, 0.6) is 0 Å². The van der Waals surface area contributed by atoms with Crippen LogP contribution in [-0.4, -0.2) is 17.4 Å². The van der Waals surface area contributed by atoms with Gasteiger partial charge in [-0.15, -0.1) is 0 Å². The minimum absolute atomic E-state index is 0.240. The third-order valence-corrected chi connectivity index (χ3v) is 2.80. The highest BCUT2D eigenvalue weighted by Crippen LogP contribution is 2.23. The van der Waals surface area contributed by atoms with Gasteiger partial charge in [-0.25, -0.2) is 0 Å². The van der Waals surface area contributed by atoms with Gasteiger partial charge >= 0.3 is 6.18 Å². The van der Waals surface area contributed by atoms with Gasteiger partial charge in [-0.1, -0.05) is 18.2 Å². The first-order valence-electron chi connectivity index (χ1n) is 5.59. The molecule has 4 heteroatoms. The Morgan fingerprint density at radius 1 is 1.18 bits per heavy atom. The Kier molecular flexibility index (Phi) is 4.57. The first-order valence-corrected chi connectivity index (χ1v) is 5.59. The average molecular weight is 246 g/mol. The standard InChI is InChI=1S/C13H17F3O/c1-9-3-4-11(7-10(9)2)8-12(17)5-6-13(14,15)16/h3-4,7,12,17H,5-6,8H2,1-2H3. The topological polar surface area (TPSA) is 20.2 Å². The molecule has 0 bridgehead atoms. The fourth-order valence-corrected chi connectivity index (χ4v) is 1.63. The van der Waals surface area contributed by atoms with E-state index in [2.05, 4.69) is 0 Å². The number of benzene rings is 1. The molecule has 0 saturated heterocycles. The maximum absolute atomic E-state index is 12.0. The normalized spacial score (nSPS) is 13.8. The monoisotopic (exact) mass is 246 g/mol. The zero-order valence-corrected chi connectivity index (χ0v) is 10.0. The van der Waals surface area contributed by atoms with E-state index in [1.807, 2.05) is 32.0 Å². The van der Waals surface area contributed by atoms with Crippen molar-refractivity contribution in [2.24, 2.45) is 0 Å². The molecular weight excluding hydrogens is 229 g/mol. The molecule has 96 valence electrons. The zero-order chi connectivity index (χ0) is 13.1. The van der Waals surface area contributed by atoms with Crippen LogP contribution in [0.1, 0.15) is 29.5 Å². The van der Waals surface area contributed by atoms with Gasteiger partial charge in [0.2, 0.25) is 0 Å². The molecule has 1 aromatic carbocycles. The van der Waals surface area contributed by atoms with Gasteiger partial charge < -0.3 is 5.11 Å². The summed E-state index contributed by atoms with van der Waals surface area (Å²) in [7, 11) is 0.